The molecular weight excluding hydrogens is 188 g/mol. The van der Waals surface area contributed by atoms with Crippen LogP contribution in [0, 0.1) is 5.41 Å². The zero-order chi connectivity index (χ0) is 11.0. The summed E-state index contributed by atoms with van der Waals surface area (Å²) in [4.78, 5) is 11.5. The maximum Gasteiger partial charge on any atom is 0.311 e. The van der Waals surface area contributed by atoms with Gasteiger partial charge in [0.15, 0.2) is 0 Å². The normalized spacial score (nSPS) is 17.9. The van der Waals surface area contributed by atoms with Gasteiger partial charge in [-0.15, -0.1) is 0 Å². The fourth-order valence-electron chi connectivity index (χ4n) is 1.84. The summed E-state index contributed by atoms with van der Waals surface area (Å²) in [7, 11) is 0. The highest BCUT2D eigenvalue weighted by Gasteiger charge is 2.35. The molecule has 15 heavy (non-hydrogen) atoms. The number of hydrogen-bond acceptors (Lipinski definition) is 2. The molecule has 1 aliphatic rings. The summed E-state index contributed by atoms with van der Waals surface area (Å²) in [6.45, 7) is 8.41. The minimum Gasteiger partial charge on any atom is -0.466 e. The number of carbonyl (C=O) groups excluding carboxylic acids is 1. The van der Waals surface area contributed by atoms with Crippen LogP contribution in [0.4, 0.5) is 0 Å². The van der Waals surface area contributed by atoms with E-state index in [9.17, 15) is 4.79 Å². The molecule has 1 aliphatic carbocycles. The quantitative estimate of drug-likeness (QED) is 0.647. The molecule has 0 aromatic carbocycles. The molecule has 1 rings (SSSR count). The first-order chi connectivity index (χ1) is 6.69. The summed E-state index contributed by atoms with van der Waals surface area (Å²) in [5.74, 6) is 0.00435. The van der Waals surface area contributed by atoms with Gasteiger partial charge in [0.1, 0.15) is 0 Å². The Morgan fingerprint density at radius 3 is 2.07 bits per heavy atom. The third kappa shape index (κ3) is 5.19. The van der Waals surface area contributed by atoms with Gasteiger partial charge in [-0.25, -0.2) is 0 Å². The predicted octanol–water partition coefficient (Wildman–Crippen LogP) is 4.18. The monoisotopic (exact) mass is 216 g/mol. The smallest absolute Gasteiger partial charge is 0.311 e. The van der Waals surface area contributed by atoms with Gasteiger partial charge in [-0.05, 0) is 26.7 Å². The molecule has 92 valence electrons. The Labute approximate surface area is 95.4 Å². The Morgan fingerprint density at radius 1 is 1.20 bits per heavy atom. The van der Waals surface area contributed by atoms with E-state index in [-0.39, 0.29) is 18.8 Å². The molecule has 1 saturated carbocycles. The first-order valence-electron chi connectivity index (χ1n) is 5.86. The zero-order valence-corrected chi connectivity index (χ0v) is 10.1. The Hall–Kier alpha value is -0.530. The summed E-state index contributed by atoms with van der Waals surface area (Å²) in [5.41, 5.74) is -0.172. The topological polar surface area (TPSA) is 26.3 Å². The molecule has 0 unspecified atom stereocenters. The second kappa shape index (κ2) is 8.75. The lowest BCUT2D eigenvalue weighted by molar-refractivity contribution is -0.156. The fourth-order valence-corrected chi connectivity index (χ4v) is 1.84. The Bertz CT molecular complexity index is 158. The summed E-state index contributed by atoms with van der Waals surface area (Å²) in [5, 5.41) is 0. The largest absolute Gasteiger partial charge is 0.466 e. The van der Waals surface area contributed by atoms with Crippen molar-refractivity contribution in [3.63, 3.8) is 0 Å². The van der Waals surface area contributed by atoms with E-state index in [1.165, 1.54) is 19.3 Å². The molecule has 0 N–H and O–H groups in total. The second-order valence-electron chi connectivity index (χ2n) is 3.84. The highest BCUT2D eigenvalue weighted by Crippen LogP contribution is 2.36. The lowest BCUT2D eigenvalue weighted by atomic mass is 9.76. The maximum absolute atomic E-state index is 11.5. The van der Waals surface area contributed by atoms with Crippen molar-refractivity contribution in [1.82, 2.24) is 0 Å². The summed E-state index contributed by atoms with van der Waals surface area (Å²) in [6.07, 6.45) is 5.64. The number of esters is 1. The van der Waals surface area contributed by atoms with Crippen LogP contribution >= 0.6 is 0 Å². The van der Waals surface area contributed by atoms with Crippen LogP contribution in [0.15, 0.2) is 0 Å². The molecule has 0 aliphatic heterocycles. The summed E-state index contributed by atoms with van der Waals surface area (Å²) < 4.78 is 5.05. The SMILES string of the molecule is C.CC.CCOC(=O)C1(C)CCCCC1. The van der Waals surface area contributed by atoms with Gasteiger partial charge >= 0.3 is 5.97 Å². The maximum atomic E-state index is 11.5. The van der Waals surface area contributed by atoms with Crippen molar-refractivity contribution in [1.29, 1.82) is 0 Å². The van der Waals surface area contributed by atoms with Gasteiger partial charge in [0.2, 0.25) is 0 Å². The number of rotatable bonds is 2. The van der Waals surface area contributed by atoms with Crippen molar-refractivity contribution in [2.75, 3.05) is 6.61 Å². The van der Waals surface area contributed by atoms with Crippen LogP contribution in [0.1, 0.15) is 67.2 Å². The van der Waals surface area contributed by atoms with Gasteiger partial charge in [0.25, 0.3) is 0 Å². The van der Waals surface area contributed by atoms with E-state index in [1.807, 2.05) is 27.7 Å². The van der Waals surface area contributed by atoms with E-state index in [0.717, 1.165) is 12.8 Å². The molecule has 2 nitrogen and oxygen atoms in total. The molecule has 2 heteroatoms. The van der Waals surface area contributed by atoms with Crippen molar-refractivity contribution >= 4 is 5.97 Å². The molecule has 0 aromatic heterocycles. The van der Waals surface area contributed by atoms with Gasteiger partial charge in [-0.1, -0.05) is 40.5 Å². The van der Waals surface area contributed by atoms with Crippen LogP contribution in [0.2, 0.25) is 0 Å². The summed E-state index contributed by atoms with van der Waals surface area (Å²) in [6, 6.07) is 0. The van der Waals surface area contributed by atoms with E-state index in [4.69, 9.17) is 4.74 Å². The van der Waals surface area contributed by atoms with Gasteiger partial charge in [0.05, 0.1) is 12.0 Å². The zero-order valence-electron chi connectivity index (χ0n) is 10.1. The highest BCUT2D eigenvalue weighted by molar-refractivity contribution is 5.76. The molecule has 0 atom stereocenters. The Morgan fingerprint density at radius 2 is 1.67 bits per heavy atom. The molecule has 0 radical (unpaired) electrons. The average molecular weight is 216 g/mol. The first kappa shape index (κ1) is 16.9. The predicted molar refractivity (Wildman–Crippen MR) is 65.9 cm³/mol. The van der Waals surface area contributed by atoms with Crippen LogP contribution < -0.4 is 0 Å². The van der Waals surface area contributed by atoms with Gasteiger partial charge < -0.3 is 4.74 Å². The minimum atomic E-state index is -0.172. The summed E-state index contributed by atoms with van der Waals surface area (Å²) >= 11 is 0. The van der Waals surface area contributed by atoms with E-state index in [2.05, 4.69) is 0 Å². The molecule has 0 heterocycles. The number of hydrogen-bond donors (Lipinski definition) is 0. The van der Waals surface area contributed by atoms with Crippen molar-refractivity contribution in [2.24, 2.45) is 5.41 Å². The number of ether oxygens (including phenoxy) is 1. The lowest BCUT2D eigenvalue weighted by Gasteiger charge is -2.30. The Balaban J connectivity index is 0. The molecule has 1 fully saturated rings. The van der Waals surface area contributed by atoms with Crippen LogP contribution in [0.5, 0.6) is 0 Å². The molecular formula is C13H28O2. The second-order valence-corrected chi connectivity index (χ2v) is 3.84. The average Bonchev–Trinajstić information content (AvgIpc) is 2.22. The molecule has 0 amide bonds. The van der Waals surface area contributed by atoms with Crippen LogP contribution in [-0.2, 0) is 9.53 Å². The molecule has 0 aromatic rings. The van der Waals surface area contributed by atoms with Gasteiger partial charge in [-0.2, -0.15) is 0 Å². The van der Waals surface area contributed by atoms with Crippen molar-refractivity contribution in [3.8, 4) is 0 Å². The molecule has 0 saturated heterocycles. The number of carbonyl (C=O) groups is 1. The van der Waals surface area contributed by atoms with E-state index >= 15 is 0 Å². The van der Waals surface area contributed by atoms with Crippen LogP contribution in [-0.4, -0.2) is 12.6 Å². The van der Waals surface area contributed by atoms with Crippen LogP contribution in [0.3, 0.4) is 0 Å². The molecule has 0 bridgehead atoms. The van der Waals surface area contributed by atoms with Gasteiger partial charge in [-0.3, -0.25) is 4.79 Å². The van der Waals surface area contributed by atoms with Crippen molar-refractivity contribution < 1.29 is 9.53 Å². The van der Waals surface area contributed by atoms with Crippen molar-refractivity contribution in [3.05, 3.63) is 0 Å². The first-order valence-corrected chi connectivity index (χ1v) is 5.86. The fraction of sp³-hybridized carbons (Fsp3) is 0.923. The van der Waals surface area contributed by atoms with Crippen LogP contribution in [0.25, 0.3) is 0 Å². The standard InChI is InChI=1S/C10H18O2.C2H6.CH4/c1-3-12-9(11)10(2)7-5-4-6-8-10;1-2;/h3-8H2,1-2H3;1-2H3;1H4. The van der Waals surface area contributed by atoms with E-state index < -0.39 is 0 Å². The van der Waals surface area contributed by atoms with E-state index in [0.29, 0.717) is 6.61 Å². The third-order valence-corrected chi connectivity index (χ3v) is 2.73. The lowest BCUT2D eigenvalue weighted by Crippen LogP contribution is -2.31. The van der Waals surface area contributed by atoms with Crippen molar-refractivity contribution in [2.45, 2.75) is 67.2 Å². The van der Waals surface area contributed by atoms with Gasteiger partial charge in [0, 0.05) is 0 Å². The Kier molecular flexibility index (Phi) is 9.85. The highest BCUT2D eigenvalue weighted by atomic mass is 16.5. The molecule has 0 spiro atoms. The third-order valence-electron chi connectivity index (χ3n) is 2.73. The minimum absolute atomic E-state index is 0. The van der Waals surface area contributed by atoms with E-state index in [1.54, 1.807) is 0 Å².